The summed E-state index contributed by atoms with van der Waals surface area (Å²) < 4.78 is 5.81. The fraction of sp³-hybridized carbons (Fsp3) is 0.667. The maximum atomic E-state index is 13.2. The second-order valence-electron chi connectivity index (χ2n) is 10.4. The average molecular weight is 492 g/mol. The van der Waals surface area contributed by atoms with Crippen LogP contribution in [0, 0.1) is 24.2 Å². The molecule has 0 radical (unpaired) electrons. The van der Waals surface area contributed by atoms with Gasteiger partial charge in [0.2, 0.25) is 0 Å². The van der Waals surface area contributed by atoms with E-state index in [1.807, 2.05) is 32.2 Å². The fourth-order valence-corrected chi connectivity index (χ4v) is 4.97. The molecule has 2 unspecified atom stereocenters. The number of aliphatic hydroxyl groups excluding tert-OH is 2. The number of thiazole rings is 1. The van der Waals surface area contributed by atoms with Crippen LogP contribution in [0.1, 0.15) is 84.3 Å². The second kappa shape index (κ2) is 12.2. The Morgan fingerprint density at radius 1 is 1.24 bits per heavy atom. The zero-order valence-corrected chi connectivity index (χ0v) is 22.4. The molecular weight excluding hydrogens is 450 g/mol. The number of rotatable bonds is 2. The maximum Gasteiger partial charge on any atom is 0.309 e. The summed E-state index contributed by atoms with van der Waals surface area (Å²) in [6.45, 7) is 12.8. The van der Waals surface area contributed by atoms with E-state index in [2.05, 4.69) is 18.0 Å². The Labute approximate surface area is 208 Å². The minimum atomic E-state index is -1.21. The molecule has 0 aromatic carbocycles. The summed E-state index contributed by atoms with van der Waals surface area (Å²) in [6, 6.07) is 0. The first kappa shape index (κ1) is 28.4. The molecule has 7 heteroatoms. The number of hydrogen-bond acceptors (Lipinski definition) is 7. The van der Waals surface area contributed by atoms with Crippen LogP contribution in [0.5, 0.6) is 0 Å². The van der Waals surface area contributed by atoms with Gasteiger partial charge in [0.25, 0.3) is 0 Å². The Morgan fingerprint density at radius 3 is 2.53 bits per heavy atom. The molecule has 5 atom stereocenters. The largest absolute Gasteiger partial charge is 0.457 e. The number of esters is 1. The topological polar surface area (TPSA) is 96.7 Å². The van der Waals surface area contributed by atoms with E-state index in [4.69, 9.17) is 4.74 Å². The molecule has 2 heterocycles. The normalized spacial score (nSPS) is 32.1. The Hall–Kier alpha value is -1.83. The lowest BCUT2D eigenvalue weighted by Gasteiger charge is -2.34. The van der Waals surface area contributed by atoms with Gasteiger partial charge in [-0.1, -0.05) is 39.3 Å². The summed E-state index contributed by atoms with van der Waals surface area (Å²) >= 11 is 1.56. The van der Waals surface area contributed by atoms with Gasteiger partial charge < -0.3 is 14.9 Å². The number of cyclic esters (lactones) is 1. The number of aromatic nitrogens is 1. The van der Waals surface area contributed by atoms with E-state index in [0.29, 0.717) is 6.42 Å². The summed E-state index contributed by atoms with van der Waals surface area (Å²) in [5.41, 5.74) is 1.71. The Morgan fingerprint density at radius 2 is 1.91 bits per heavy atom. The van der Waals surface area contributed by atoms with E-state index in [9.17, 15) is 19.8 Å². The van der Waals surface area contributed by atoms with Crippen LogP contribution in [0.25, 0.3) is 6.08 Å². The average Bonchev–Trinajstić information content (AvgIpc) is 3.18. The standard InChI is InChI=1S/C27H41NO5S/c1-16-9-8-10-17(2)25(31)19(4)26(32)27(6,7)23(29)14-24(30)33-22(12-11-16)18(3)13-21-15-34-20(5)28-21/h11,13,15,17,19,22-23,25,29,31H,8-10,12,14H2,1-7H3/b16-11-,18-13+/t17-,19?,22?,23-,25-/m0/s1. The number of hydrogen-bond donors (Lipinski definition) is 2. The van der Waals surface area contributed by atoms with Crippen LogP contribution >= 0.6 is 11.3 Å². The van der Waals surface area contributed by atoms with Crippen LogP contribution in [0.4, 0.5) is 0 Å². The number of carbonyl (C=O) groups excluding carboxylic acids is 2. The minimum absolute atomic E-state index is 0.0444. The van der Waals surface area contributed by atoms with Crippen LogP contribution in [-0.4, -0.2) is 45.3 Å². The number of ketones is 1. The predicted octanol–water partition coefficient (Wildman–Crippen LogP) is 5.27. The molecule has 1 aliphatic heterocycles. The highest BCUT2D eigenvalue weighted by molar-refractivity contribution is 7.09. The number of aliphatic hydroxyl groups is 2. The Balaban J connectivity index is 2.33. The Kier molecular flexibility index (Phi) is 10.2. The van der Waals surface area contributed by atoms with Gasteiger partial charge in [0, 0.05) is 17.7 Å². The van der Waals surface area contributed by atoms with Crippen molar-refractivity contribution in [3.63, 3.8) is 0 Å². The molecule has 6 nitrogen and oxygen atoms in total. The third-order valence-electron chi connectivity index (χ3n) is 7.04. The van der Waals surface area contributed by atoms with Crippen molar-refractivity contribution in [3.8, 4) is 0 Å². The van der Waals surface area contributed by atoms with E-state index in [-0.39, 0.29) is 18.1 Å². The molecule has 0 amide bonds. The zero-order valence-electron chi connectivity index (χ0n) is 21.6. The molecule has 0 spiro atoms. The summed E-state index contributed by atoms with van der Waals surface area (Å²) in [6.07, 6.45) is 4.33. The first-order valence-corrected chi connectivity index (χ1v) is 13.1. The summed E-state index contributed by atoms with van der Waals surface area (Å²) in [5.74, 6) is -1.49. The summed E-state index contributed by atoms with van der Waals surface area (Å²) in [5, 5.41) is 24.5. The molecule has 1 aromatic heterocycles. The molecule has 0 saturated carbocycles. The molecule has 0 aliphatic carbocycles. The number of Topliss-reactive ketones (excluding diaryl/α,β-unsaturated/α-hetero) is 1. The molecule has 0 fully saturated rings. The fourth-order valence-electron chi connectivity index (χ4n) is 4.40. The minimum Gasteiger partial charge on any atom is -0.457 e. The van der Waals surface area contributed by atoms with Crippen molar-refractivity contribution < 1.29 is 24.5 Å². The molecule has 2 N–H and O–H groups in total. The number of ether oxygens (including phenoxy) is 1. The zero-order chi connectivity index (χ0) is 25.6. The number of aryl methyl sites for hydroxylation is 1. The SMILES string of the molecule is C/C1=C/CC(/C(C)=C/c2csc(C)n2)OC(=O)C[C@H](O)C(C)(C)C(=O)C(C)[C@@H](O)[C@@H](C)CCC1. The van der Waals surface area contributed by atoms with Crippen LogP contribution in [0.15, 0.2) is 22.6 Å². The van der Waals surface area contributed by atoms with Gasteiger partial charge in [-0.15, -0.1) is 11.3 Å². The van der Waals surface area contributed by atoms with Crippen molar-refractivity contribution in [1.82, 2.24) is 4.98 Å². The third kappa shape index (κ3) is 7.59. The van der Waals surface area contributed by atoms with Crippen molar-refractivity contribution in [2.45, 2.75) is 98.9 Å². The Bertz CT molecular complexity index is 916. The third-order valence-corrected chi connectivity index (χ3v) is 7.83. The molecule has 1 aliphatic rings. The quantitative estimate of drug-likeness (QED) is 0.432. The van der Waals surface area contributed by atoms with Crippen molar-refractivity contribution in [3.05, 3.63) is 33.3 Å². The van der Waals surface area contributed by atoms with Crippen LogP contribution in [0.2, 0.25) is 0 Å². The van der Waals surface area contributed by atoms with Gasteiger partial charge in [0.05, 0.1) is 34.7 Å². The van der Waals surface area contributed by atoms with Gasteiger partial charge in [0.15, 0.2) is 0 Å². The smallest absolute Gasteiger partial charge is 0.309 e. The van der Waals surface area contributed by atoms with Crippen molar-refractivity contribution in [2.75, 3.05) is 0 Å². The molecule has 2 rings (SSSR count). The predicted molar refractivity (Wildman–Crippen MR) is 136 cm³/mol. The highest BCUT2D eigenvalue weighted by Crippen LogP contribution is 2.32. The van der Waals surface area contributed by atoms with E-state index in [0.717, 1.165) is 35.5 Å². The molecule has 0 bridgehead atoms. The summed E-state index contributed by atoms with van der Waals surface area (Å²) in [4.78, 5) is 30.5. The van der Waals surface area contributed by atoms with Gasteiger partial charge in [-0.25, -0.2) is 4.98 Å². The van der Waals surface area contributed by atoms with E-state index >= 15 is 0 Å². The lowest BCUT2D eigenvalue weighted by molar-refractivity contribution is -0.154. The number of nitrogens with zero attached hydrogens (tertiary/aromatic N) is 1. The van der Waals surface area contributed by atoms with Gasteiger partial charge in [-0.05, 0) is 57.6 Å². The summed E-state index contributed by atoms with van der Waals surface area (Å²) in [7, 11) is 0. The monoisotopic (exact) mass is 491 g/mol. The maximum absolute atomic E-state index is 13.2. The number of carbonyl (C=O) groups is 2. The van der Waals surface area contributed by atoms with E-state index in [1.165, 1.54) is 5.57 Å². The van der Waals surface area contributed by atoms with E-state index in [1.54, 1.807) is 32.1 Å². The van der Waals surface area contributed by atoms with Crippen molar-refractivity contribution >= 4 is 29.2 Å². The van der Waals surface area contributed by atoms with Gasteiger partial charge in [-0.2, -0.15) is 0 Å². The van der Waals surface area contributed by atoms with Crippen LogP contribution in [0.3, 0.4) is 0 Å². The van der Waals surface area contributed by atoms with Gasteiger partial charge >= 0.3 is 5.97 Å². The molecule has 0 saturated heterocycles. The van der Waals surface area contributed by atoms with Gasteiger partial charge in [-0.3, -0.25) is 9.59 Å². The lowest BCUT2D eigenvalue weighted by Crippen LogP contribution is -2.45. The van der Waals surface area contributed by atoms with Crippen LogP contribution in [-0.2, 0) is 14.3 Å². The second-order valence-corrected chi connectivity index (χ2v) is 11.5. The van der Waals surface area contributed by atoms with E-state index < -0.39 is 35.6 Å². The first-order valence-electron chi connectivity index (χ1n) is 12.2. The molecule has 1 aromatic rings. The molecule has 190 valence electrons. The lowest BCUT2D eigenvalue weighted by atomic mass is 9.73. The molecule has 34 heavy (non-hydrogen) atoms. The highest BCUT2D eigenvalue weighted by Gasteiger charge is 2.42. The molecular formula is C27H41NO5S. The number of allylic oxidation sites excluding steroid dienone is 1. The highest BCUT2D eigenvalue weighted by atomic mass is 32.1. The van der Waals surface area contributed by atoms with Crippen molar-refractivity contribution in [1.29, 1.82) is 0 Å². The van der Waals surface area contributed by atoms with Gasteiger partial charge in [0.1, 0.15) is 11.9 Å². The van der Waals surface area contributed by atoms with Crippen LogP contribution < -0.4 is 0 Å². The van der Waals surface area contributed by atoms with Crippen molar-refractivity contribution in [2.24, 2.45) is 17.3 Å². The first-order chi connectivity index (χ1) is 15.8.